The van der Waals surface area contributed by atoms with Crippen LogP contribution in [0, 0.1) is 17.2 Å². The number of nitriles is 1. The molecule has 0 N–H and O–H groups in total. The Bertz CT molecular complexity index is 251. The molecule has 0 bridgehead atoms. The SMILES string of the molecule is CCC(C#N)C(=O)N(CC)C1CCCC1. The molecule has 0 radical (unpaired) electrons. The average Bonchev–Trinajstić information content (AvgIpc) is 2.74. The van der Waals surface area contributed by atoms with E-state index in [-0.39, 0.29) is 5.91 Å². The highest BCUT2D eigenvalue weighted by atomic mass is 16.2. The number of carbonyl (C=O) groups excluding carboxylic acids is 1. The first-order chi connectivity index (χ1) is 7.24. The van der Waals surface area contributed by atoms with E-state index in [2.05, 4.69) is 6.07 Å². The van der Waals surface area contributed by atoms with Gasteiger partial charge in [-0.05, 0) is 26.2 Å². The summed E-state index contributed by atoms with van der Waals surface area (Å²) in [6, 6.07) is 2.49. The zero-order valence-corrected chi connectivity index (χ0v) is 9.70. The second kappa shape index (κ2) is 5.75. The molecule has 1 unspecified atom stereocenters. The summed E-state index contributed by atoms with van der Waals surface area (Å²) in [6.07, 6.45) is 5.29. The van der Waals surface area contributed by atoms with Crippen molar-refractivity contribution in [2.24, 2.45) is 5.92 Å². The van der Waals surface area contributed by atoms with Crippen molar-refractivity contribution in [1.29, 1.82) is 5.26 Å². The Morgan fingerprint density at radius 2 is 2.07 bits per heavy atom. The van der Waals surface area contributed by atoms with Gasteiger partial charge in [-0.3, -0.25) is 4.79 Å². The summed E-state index contributed by atoms with van der Waals surface area (Å²) in [4.78, 5) is 13.9. The van der Waals surface area contributed by atoms with E-state index < -0.39 is 5.92 Å². The molecule has 0 aromatic carbocycles. The Kier molecular flexibility index (Phi) is 4.61. The number of nitrogens with zero attached hydrogens (tertiary/aromatic N) is 2. The largest absolute Gasteiger partial charge is 0.339 e. The minimum absolute atomic E-state index is 0.0365. The molecule has 0 aromatic heterocycles. The maximum absolute atomic E-state index is 12.0. The summed E-state index contributed by atoms with van der Waals surface area (Å²) >= 11 is 0. The Labute approximate surface area is 92.1 Å². The molecular formula is C12H20N2O. The third-order valence-electron chi connectivity index (χ3n) is 3.25. The van der Waals surface area contributed by atoms with Gasteiger partial charge in [0, 0.05) is 12.6 Å². The molecule has 1 fully saturated rings. The van der Waals surface area contributed by atoms with Crippen LogP contribution in [-0.2, 0) is 4.79 Å². The van der Waals surface area contributed by atoms with Crippen molar-refractivity contribution >= 4 is 5.91 Å². The standard InChI is InChI=1S/C12H20N2O/c1-3-10(9-13)12(15)14(4-2)11-7-5-6-8-11/h10-11H,3-8H2,1-2H3. The monoisotopic (exact) mass is 208 g/mol. The zero-order chi connectivity index (χ0) is 11.3. The van der Waals surface area contributed by atoms with Gasteiger partial charge in [0.15, 0.2) is 0 Å². The summed E-state index contributed by atoms with van der Waals surface area (Å²) in [5.74, 6) is -0.403. The fourth-order valence-electron chi connectivity index (χ4n) is 2.33. The van der Waals surface area contributed by atoms with Crippen LogP contribution >= 0.6 is 0 Å². The van der Waals surface area contributed by atoms with E-state index >= 15 is 0 Å². The van der Waals surface area contributed by atoms with Gasteiger partial charge in [0.2, 0.25) is 5.91 Å². The molecule has 1 rings (SSSR count). The van der Waals surface area contributed by atoms with Gasteiger partial charge in [-0.15, -0.1) is 0 Å². The zero-order valence-electron chi connectivity index (χ0n) is 9.70. The first kappa shape index (κ1) is 12.0. The lowest BCUT2D eigenvalue weighted by Gasteiger charge is -2.29. The number of amides is 1. The van der Waals surface area contributed by atoms with Crippen LogP contribution in [-0.4, -0.2) is 23.4 Å². The number of rotatable bonds is 4. The Balaban J connectivity index is 2.65. The van der Waals surface area contributed by atoms with Crippen LogP contribution < -0.4 is 0 Å². The molecule has 1 amide bonds. The van der Waals surface area contributed by atoms with Crippen molar-refractivity contribution in [3.8, 4) is 6.07 Å². The molecule has 84 valence electrons. The van der Waals surface area contributed by atoms with Crippen molar-refractivity contribution in [3.05, 3.63) is 0 Å². The lowest BCUT2D eigenvalue weighted by Crippen LogP contribution is -2.41. The molecule has 0 aromatic rings. The van der Waals surface area contributed by atoms with E-state index in [1.165, 1.54) is 12.8 Å². The number of carbonyl (C=O) groups is 1. The molecule has 0 heterocycles. The van der Waals surface area contributed by atoms with Crippen LogP contribution in [0.2, 0.25) is 0 Å². The lowest BCUT2D eigenvalue weighted by molar-refractivity contribution is -0.135. The van der Waals surface area contributed by atoms with E-state index in [1.54, 1.807) is 0 Å². The lowest BCUT2D eigenvalue weighted by atomic mass is 10.1. The van der Waals surface area contributed by atoms with Gasteiger partial charge in [-0.25, -0.2) is 0 Å². The van der Waals surface area contributed by atoms with Gasteiger partial charge in [-0.2, -0.15) is 5.26 Å². The first-order valence-corrected chi connectivity index (χ1v) is 5.94. The highest BCUT2D eigenvalue weighted by Crippen LogP contribution is 2.24. The van der Waals surface area contributed by atoms with E-state index in [0.717, 1.165) is 19.4 Å². The van der Waals surface area contributed by atoms with Crippen LogP contribution in [0.25, 0.3) is 0 Å². The van der Waals surface area contributed by atoms with E-state index in [0.29, 0.717) is 12.5 Å². The van der Waals surface area contributed by atoms with Crippen LogP contribution in [0.5, 0.6) is 0 Å². The van der Waals surface area contributed by atoms with Gasteiger partial charge in [0.1, 0.15) is 5.92 Å². The molecule has 15 heavy (non-hydrogen) atoms. The fraction of sp³-hybridized carbons (Fsp3) is 0.833. The highest BCUT2D eigenvalue weighted by Gasteiger charge is 2.29. The topological polar surface area (TPSA) is 44.1 Å². The normalized spacial score (nSPS) is 18.5. The van der Waals surface area contributed by atoms with Crippen molar-refractivity contribution in [3.63, 3.8) is 0 Å². The minimum atomic E-state index is -0.439. The molecule has 3 nitrogen and oxygen atoms in total. The Morgan fingerprint density at radius 3 is 2.47 bits per heavy atom. The smallest absolute Gasteiger partial charge is 0.240 e. The van der Waals surface area contributed by atoms with Crippen molar-refractivity contribution < 1.29 is 4.79 Å². The van der Waals surface area contributed by atoms with Gasteiger partial charge >= 0.3 is 0 Å². The minimum Gasteiger partial charge on any atom is -0.339 e. The Hall–Kier alpha value is -1.04. The van der Waals surface area contributed by atoms with Gasteiger partial charge in [-0.1, -0.05) is 19.8 Å². The molecule has 1 atom stereocenters. The molecule has 0 spiro atoms. The van der Waals surface area contributed by atoms with E-state index in [1.807, 2.05) is 18.7 Å². The summed E-state index contributed by atoms with van der Waals surface area (Å²) < 4.78 is 0. The molecule has 3 heteroatoms. The van der Waals surface area contributed by atoms with E-state index in [9.17, 15) is 4.79 Å². The Morgan fingerprint density at radius 1 is 1.47 bits per heavy atom. The average molecular weight is 208 g/mol. The van der Waals surface area contributed by atoms with Crippen LogP contribution in [0.4, 0.5) is 0 Å². The molecule has 0 aliphatic heterocycles. The van der Waals surface area contributed by atoms with Gasteiger partial charge < -0.3 is 4.90 Å². The van der Waals surface area contributed by atoms with Crippen molar-refractivity contribution in [2.45, 2.75) is 52.0 Å². The van der Waals surface area contributed by atoms with Crippen molar-refractivity contribution in [1.82, 2.24) is 4.90 Å². The predicted octanol–water partition coefficient (Wildman–Crippen LogP) is 2.33. The summed E-state index contributed by atoms with van der Waals surface area (Å²) in [6.45, 7) is 4.64. The summed E-state index contributed by atoms with van der Waals surface area (Å²) in [5.41, 5.74) is 0. The van der Waals surface area contributed by atoms with Crippen LogP contribution in [0.3, 0.4) is 0 Å². The summed E-state index contributed by atoms with van der Waals surface area (Å²) in [7, 11) is 0. The molecular weight excluding hydrogens is 188 g/mol. The maximum Gasteiger partial charge on any atom is 0.240 e. The van der Waals surface area contributed by atoms with Gasteiger partial charge in [0.25, 0.3) is 0 Å². The number of hydrogen-bond acceptors (Lipinski definition) is 2. The fourth-order valence-corrected chi connectivity index (χ4v) is 2.33. The second-order valence-electron chi connectivity index (χ2n) is 4.15. The second-order valence-corrected chi connectivity index (χ2v) is 4.15. The molecule has 1 aliphatic carbocycles. The molecule has 1 saturated carbocycles. The molecule has 1 aliphatic rings. The number of hydrogen-bond donors (Lipinski definition) is 0. The molecule has 0 saturated heterocycles. The summed E-state index contributed by atoms with van der Waals surface area (Å²) in [5, 5.41) is 8.89. The van der Waals surface area contributed by atoms with Crippen LogP contribution in [0.1, 0.15) is 46.0 Å². The van der Waals surface area contributed by atoms with E-state index in [4.69, 9.17) is 5.26 Å². The predicted molar refractivity (Wildman–Crippen MR) is 59.0 cm³/mol. The third kappa shape index (κ3) is 2.71. The quantitative estimate of drug-likeness (QED) is 0.711. The first-order valence-electron chi connectivity index (χ1n) is 5.94. The van der Waals surface area contributed by atoms with Crippen LogP contribution in [0.15, 0.2) is 0 Å². The highest BCUT2D eigenvalue weighted by molar-refractivity contribution is 5.81. The maximum atomic E-state index is 12.0. The van der Waals surface area contributed by atoms with Crippen molar-refractivity contribution in [2.75, 3.05) is 6.54 Å². The van der Waals surface area contributed by atoms with Gasteiger partial charge in [0.05, 0.1) is 6.07 Å². The third-order valence-corrected chi connectivity index (χ3v) is 3.25.